The van der Waals surface area contributed by atoms with Gasteiger partial charge in [0.15, 0.2) is 0 Å². The largest absolute Gasteiger partial charge is 0.377 e. The Bertz CT molecular complexity index is 257. The lowest BCUT2D eigenvalue weighted by molar-refractivity contribution is -0.00461. The van der Waals surface area contributed by atoms with E-state index >= 15 is 0 Å². The molecule has 3 unspecified atom stereocenters. The maximum absolute atomic E-state index is 5.54. The molecule has 20 heavy (non-hydrogen) atoms. The zero-order valence-corrected chi connectivity index (χ0v) is 13.4. The summed E-state index contributed by atoms with van der Waals surface area (Å²) in [6.45, 7) is 6.43. The first-order valence-corrected chi connectivity index (χ1v) is 8.29. The van der Waals surface area contributed by atoms with Gasteiger partial charge in [-0.3, -0.25) is 4.90 Å². The topological polar surface area (TPSA) is 33.7 Å². The number of hydrogen-bond acceptors (Lipinski definition) is 4. The molecule has 1 N–H and O–H groups in total. The van der Waals surface area contributed by atoms with Crippen molar-refractivity contribution in [3.63, 3.8) is 0 Å². The highest BCUT2D eigenvalue weighted by Gasteiger charge is 2.35. The fourth-order valence-corrected chi connectivity index (χ4v) is 3.88. The molecule has 1 aliphatic carbocycles. The Hall–Kier alpha value is -0.160. The average Bonchev–Trinajstić information content (AvgIpc) is 2.90. The van der Waals surface area contributed by atoms with Crippen LogP contribution in [0.5, 0.6) is 0 Å². The second-order valence-electron chi connectivity index (χ2n) is 6.33. The van der Waals surface area contributed by atoms with Gasteiger partial charge in [-0.1, -0.05) is 26.2 Å². The summed E-state index contributed by atoms with van der Waals surface area (Å²) in [6, 6.07) is 0.633. The van der Waals surface area contributed by atoms with Crippen LogP contribution in [0.3, 0.4) is 0 Å². The standard InChI is InChI=1S/C16H32N2O2/c1-4-17-14(13-8-6-5-7-9-13)10-18-11-15(19-2)16(12-18)20-3/h13-17H,4-12H2,1-3H3. The summed E-state index contributed by atoms with van der Waals surface area (Å²) in [6.07, 6.45) is 7.50. The van der Waals surface area contributed by atoms with Crippen molar-refractivity contribution in [3.8, 4) is 0 Å². The predicted octanol–water partition coefficient (Wildman–Crippen LogP) is 1.89. The van der Waals surface area contributed by atoms with Crippen LogP contribution in [0.4, 0.5) is 0 Å². The summed E-state index contributed by atoms with van der Waals surface area (Å²) in [7, 11) is 3.59. The number of likely N-dealkylation sites (tertiary alicyclic amines) is 1. The minimum atomic E-state index is 0.230. The van der Waals surface area contributed by atoms with Gasteiger partial charge in [0.1, 0.15) is 0 Å². The number of nitrogens with zero attached hydrogens (tertiary/aromatic N) is 1. The van der Waals surface area contributed by atoms with E-state index in [2.05, 4.69) is 17.1 Å². The molecule has 2 rings (SSSR count). The Balaban J connectivity index is 1.87. The van der Waals surface area contributed by atoms with Crippen LogP contribution >= 0.6 is 0 Å². The van der Waals surface area contributed by atoms with E-state index in [-0.39, 0.29) is 12.2 Å². The van der Waals surface area contributed by atoms with Crippen molar-refractivity contribution in [2.75, 3.05) is 40.4 Å². The van der Waals surface area contributed by atoms with Crippen LogP contribution in [0.2, 0.25) is 0 Å². The van der Waals surface area contributed by atoms with Gasteiger partial charge in [0.05, 0.1) is 12.2 Å². The molecule has 0 aromatic carbocycles. The van der Waals surface area contributed by atoms with Crippen molar-refractivity contribution in [2.24, 2.45) is 5.92 Å². The minimum Gasteiger partial charge on any atom is -0.377 e. The zero-order valence-electron chi connectivity index (χ0n) is 13.4. The lowest BCUT2D eigenvalue weighted by atomic mass is 9.83. The van der Waals surface area contributed by atoms with Crippen LogP contribution in [0.15, 0.2) is 0 Å². The molecule has 1 heterocycles. The van der Waals surface area contributed by atoms with E-state index in [4.69, 9.17) is 9.47 Å². The zero-order chi connectivity index (χ0) is 14.4. The Kier molecular flexibility index (Phi) is 6.75. The molecular weight excluding hydrogens is 252 g/mol. The van der Waals surface area contributed by atoms with Crippen molar-refractivity contribution in [2.45, 2.75) is 57.3 Å². The van der Waals surface area contributed by atoms with E-state index in [0.717, 1.165) is 32.1 Å². The molecular formula is C16H32N2O2. The van der Waals surface area contributed by atoms with Crippen molar-refractivity contribution in [1.29, 1.82) is 0 Å². The van der Waals surface area contributed by atoms with Gasteiger partial charge < -0.3 is 14.8 Å². The summed E-state index contributed by atoms with van der Waals surface area (Å²) < 4.78 is 11.1. The van der Waals surface area contributed by atoms with Crippen molar-refractivity contribution < 1.29 is 9.47 Å². The SMILES string of the molecule is CCNC(CN1CC(OC)C(OC)C1)C1CCCCC1. The number of rotatable bonds is 7. The summed E-state index contributed by atoms with van der Waals surface area (Å²) >= 11 is 0. The fraction of sp³-hybridized carbons (Fsp3) is 1.00. The Morgan fingerprint density at radius 1 is 1.05 bits per heavy atom. The third kappa shape index (κ3) is 4.17. The molecule has 0 bridgehead atoms. The van der Waals surface area contributed by atoms with E-state index in [1.54, 1.807) is 14.2 Å². The van der Waals surface area contributed by atoms with E-state index in [1.165, 1.54) is 32.1 Å². The third-order valence-corrected chi connectivity index (χ3v) is 5.04. The number of methoxy groups -OCH3 is 2. The second kappa shape index (κ2) is 8.32. The van der Waals surface area contributed by atoms with Crippen LogP contribution in [0.25, 0.3) is 0 Å². The number of ether oxygens (including phenoxy) is 2. The monoisotopic (exact) mass is 284 g/mol. The molecule has 1 aliphatic heterocycles. The molecule has 118 valence electrons. The summed E-state index contributed by atoms with van der Waals surface area (Å²) in [5, 5.41) is 3.72. The quantitative estimate of drug-likeness (QED) is 0.774. The van der Waals surface area contributed by atoms with Crippen molar-refractivity contribution >= 4 is 0 Å². The molecule has 2 aliphatic rings. The molecule has 0 amide bonds. The number of nitrogens with one attached hydrogen (secondary N) is 1. The lowest BCUT2D eigenvalue weighted by Crippen LogP contribution is -2.46. The fourth-order valence-electron chi connectivity index (χ4n) is 3.88. The number of hydrogen-bond donors (Lipinski definition) is 1. The van der Waals surface area contributed by atoms with Crippen LogP contribution in [-0.2, 0) is 9.47 Å². The first kappa shape index (κ1) is 16.2. The molecule has 1 saturated carbocycles. The Morgan fingerprint density at radius 2 is 1.65 bits per heavy atom. The van der Waals surface area contributed by atoms with Crippen LogP contribution in [-0.4, -0.2) is 63.5 Å². The molecule has 4 nitrogen and oxygen atoms in total. The second-order valence-corrected chi connectivity index (χ2v) is 6.33. The smallest absolute Gasteiger partial charge is 0.0971 e. The van der Waals surface area contributed by atoms with E-state index in [9.17, 15) is 0 Å². The lowest BCUT2D eigenvalue weighted by Gasteiger charge is -2.33. The van der Waals surface area contributed by atoms with Gasteiger partial charge in [-0.2, -0.15) is 0 Å². The molecule has 0 aromatic heterocycles. The maximum Gasteiger partial charge on any atom is 0.0971 e. The van der Waals surface area contributed by atoms with Gasteiger partial charge in [0.25, 0.3) is 0 Å². The van der Waals surface area contributed by atoms with Crippen LogP contribution in [0, 0.1) is 5.92 Å². The van der Waals surface area contributed by atoms with Gasteiger partial charge in [0, 0.05) is 39.9 Å². The molecule has 1 saturated heterocycles. The summed E-state index contributed by atoms with van der Waals surface area (Å²) in [5.41, 5.74) is 0. The Labute approximate surface area is 124 Å². The highest BCUT2D eigenvalue weighted by Crippen LogP contribution is 2.28. The van der Waals surface area contributed by atoms with Gasteiger partial charge in [0.2, 0.25) is 0 Å². The van der Waals surface area contributed by atoms with Crippen LogP contribution in [0.1, 0.15) is 39.0 Å². The normalized spacial score (nSPS) is 30.8. The van der Waals surface area contributed by atoms with Gasteiger partial charge in [-0.25, -0.2) is 0 Å². The van der Waals surface area contributed by atoms with Crippen molar-refractivity contribution in [1.82, 2.24) is 10.2 Å². The molecule has 2 fully saturated rings. The summed E-state index contributed by atoms with van der Waals surface area (Å²) in [5.74, 6) is 0.853. The highest BCUT2D eigenvalue weighted by molar-refractivity contribution is 4.90. The molecule has 0 radical (unpaired) electrons. The first-order chi connectivity index (χ1) is 9.78. The third-order valence-electron chi connectivity index (χ3n) is 5.04. The number of likely N-dealkylation sites (N-methyl/N-ethyl adjacent to an activating group) is 1. The van der Waals surface area contributed by atoms with E-state index in [1.807, 2.05) is 0 Å². The van der Waals surface area contributed by atoms with Crippen LogP contribution < -0.4 is 5.32 Å². The molecule has 3 atom stereocenters. The van der Waals surface area contributed by atoms with Gasteiger partial charge >= 0.3 is 0 Å². The van der Waals surface area contributed by atoms with E-state index < -0.39 is 0 Å². The van der Waals surface area contributed by atoms with Gasteiger partial charge in [-0.15, -0.1) is 0 Å². The predicted molar refractivity (Wildman–Crippen MR) is 82.1 cm³/mol. The van der Waals surface area contributed by atoms with E-state index in [0.29, 0.717) is 6.04 Å². The summed E-state index contributed by atoms with van der Waals surface area (Å²) in [4.78, 5) is 2.52. The average molecular weight is 284 g/mol. The molecule has 4 heteroatoms. The minimum absolute atomic E-state index is 0.230. The Morgan fingerprint density at radius 3 is 2.15 bits per heavy atom. The molecule has 0 aromatic rings. The first-order valence-electron chi connectivity index (χ1n) is 8.29. The molecule has 0 spiro atoms. The van der Waals surface area contributed by atoms with Gasteiger partial charge in [-0.05, 0) is 25.3 Å². The highest BCUT2D eigenvalue weighted by atomic mass is 16.5. The van der Waals surface area contributed by atoms with Crippen molar-refractivity contribution in [3.05, 3.63) is 0 Å². The maximum atomic E-state index is 5.54.